The van der Waals surface area contributed by atoms with Crippen LogP contribution in [-0.2, 0) is 44.5 Å². The van der Waals surface area contributed by atoms with Gasteiger partial charge in [-0.15, -0.1) is 47.0 Å². The van der Waals surface area contributed by atoms with Gasteiger partial charge in [0.05, 0.1) is 43.6 Å². The topological polar surface area (TPSA) is 300 Å². The number of ether oxygens (including phenoxy) is 2. The molecule has 129 heavy (non-hydrogen) atoms. The Morgan fingerprint density at radius 1 is 0.411 bits per heavy atom. The van der Waals surface area contributed by atoms with Crippen LogP contribution in [0.2, 0.25) is 57.4 Å². The van der Waals surface area contributed by atoms with Crippen LogP contribution in [0.5, 0.6) is 0 Å². The Morgan fingerprint density at radius 3 is 0.977 bits per heavy atom. The molecule has 5 aliphatic heterocycles. The van der Waals surface area contributed by atoms with Gasteiger partial charge in [-0.2, -0.15) is 39.9 Å². The first-order valence-electron chi connectivity index (χ1n) is 43.4. The van der Waals surface area contributed by atoms with Gasteiger partial charge < -0.3 is 49.8 Å². The molecule has 16 unspecified atom stereocenters. The summed E-state index contributed by atoms with van der Waals surface area (Å²) in [5, 5.41) is 36.4. The highest BCUT2D eigenvalue weighted by Gasteiger charge is 2.56. The van der Waals surface area contributed by atoms with Crippen LogP contribution in [0.1, 0.15) is 166 Å². The molecule has 5 fully saturated rings. The fourth-order valence-corrected chi connectivity index (χ4v) is 28.6. The van der Waals surface area contributed by atoms with E-state index in [1.807, 2.05) is 99.3 Å². The van der Waals surface area contributed by atoms with Gasteiger partial charge in [0.1, 0.15) is 39.8 Å². The standard InChI is InChI=1S/2C25H35ClIN5OSSi.C21H23ClIN5O2S.C18H19ClIN5O2S/c2*1-8-18-15(2)20(33-35(6,7)25(3,4)5)23(34-18)32-14-29-19-21(30-24(26)31-22(19)32)28-13-16-10-9-11-17(27)12-16;1-4-13-15-16(30-21(2,3)29-15)19(31-13)28-10-25-14-17(26-20(22)27-18(14)28)24-9-11-6-5-7-12(23)8-11;1-2-11-13(26)14(27)17(28-11)25-8-22-12-15(23-18(19)24-16(12)25)21-7-9-4-3-5-10(20)6-9/h2*9-12,14-15,18,20,23H,8,13H2,1-7H3,(H,28,30,31);5-8,10,13,15-16,19H,4,9H2,1-3H3,(H,24,26,27);3-6,8,11,13-14,17,26-27H,2,7H2,1H3,(H,21,23,24). The van der Waals surface area contributed by atoms with Crippen molar-refractivity contribution < 1.29 is 28.5 Å². The first kappa shape index (κ1) is 101. The van der Waals surface area contributed by atoms with Gasteiger partial charge in [0, 0.05) is 61.5 Å². The molecule has 17 rings (SSSR count). The third-order valence-corrected chi connectivity index (χ3v) is 44.6. The van der Waals surface area contributed by atoms with Crippen molar-refractivity contribution in [2.45, 2.75) is 270 Å². The Bertz CT molecular complexity index is 5760. The summed E-state index contributed by atoms with van der Waals surface area (Å²) in [6, 6.07) is 33.2. The predicted molar refractivity (Wildman–Crippen MR) is 568 cm³/mol. The maximum absolute atomic E-state index is 10.5. The van der Waals surface area contributed by atoms with E-state index in [9.17, 15) is 10.2 Å². The van der Waals surface area contributed by atoms with Crippen molar-refractivity contribution in [1.82, 2.24) is 78.1 Å². The average molecular weight is 2390 g/mol. The molecule has 0 amide bonds. The first-order chi connectivity index (χ1) is 61.1. The number of aliphatic hydroxyl groups excluding tert-OH is 2. The van der Waals surface area contributed by atoms with Crippen LogP contribution in [0.3, 0.4) is 0 Å². The molecule has 0 saturated carbocycles. The first-order valence-corrected chi connectivity index (χ1v) is 58.8. The lowest BCUT2D eigenvalue weighted by molar-refractivity contribution is -0.148. The van der Waals surface area contributed by atoms with E-state index in [1.165, 1.54) is 33.6 Å². The number of thioether (sulfide) groups is 4. The highest BCUT2D eigenvalue weighted by Crippen LogP contribution is 2.56. The summed E-state index contributed by atoms with van der Waals surface area (Å²) < 4.78 is 39.5. The number of nitrogens with zero attached hydrogens (tertiary/aromatic N) is 16. The molecule has 8 aromatic heterocycles. The van der Waals surface area contributed by atoms with Crippen molar-refractivity contribution in [3.05, 3.63) is 180 Å². The lowest BCUT2D eigenvalue weighted by atomic mass is 9.99. The van der Waals surface area contributed by atoms with Crippen LogP contribution in [0.25, 0.3) is 44.7 Å². The van der Waals surface area contributed by atoms with Crippen LogP contribution >= 0.6 is 184 Å². The van der Waals surface area contributed by atoms with E-state index in [2.05, 4.69) is 350 Å². The van der Waals surface area contributed by atoms with Crippen molar-refractivity contribution in [3.63, 3.8) is 0 Å². The van der Waals surface area contributed by atoms with Gasteiger partial charge in [-0.1, -0.05) is 132 Å². The highest BCUT2D eigenvalue weighted by atomic mass is 127. The second kappa shape index (κ2) is 42.5. The predicted octanol–water partition coefficient (Wildman–Crippen LogP) is 24.2. The summed E-state index contributed by atoms with van der Waals surface area (Å²) in [4.78, 5) is 54.3. The molecule has 692 valence electrons. The Labute approximate surface area is 848 Å². The Morgan fingerprint density at radius 2 is 0.690 bits per heavy atom. The molecular weight excluding hydrogens is 2280 g/mol. The van der Waals surface area contributed by atoms with Gasteiger partial charge in [0.15, 0.2) is 90.3 Å². The number of anilines is 4. The molecule has 6 N–H and O–H groups in total. The van der Waals surface area contributed by atoms with Crippen molar-refractivity contribution in [2.24, 2.45) is 11.8 Å². The normalized spacial score (nSPS) is 24.5. The maximum atomic E-state index is 10.5. The van der Waals surface area contributed by atoms with E-state index in [0.29, 0.717) is 99.4 Å². The van der Waals surface area contributed by atoms with Crippen LogP contribution < -0.4 is 21.3 Å². The minimum absolute atomic E-state index is 0.0104. The lowest BCUT2D eigenvalue weighted by Crippen LogP contribution is -2.46. The van der Waals surface area contributed by atoms with E-state index in [-0.39, 0.29) is 82.4 Å². The fraction of sp³-hybridized carbons (Fsp3) is 0.506. The van der Waals surface area contributed by atoms with Crippen molar-refractivity contribution in [3.8, 4) is 0 Å². The lowest BCUT2D eigenvalue weighted by Gasteiger charge is -2.41. The Kier molecular flexibility index (Phi) is 33.2. The third-order valence-electron chi connectivity index (χ3n) is 25.0. The quantitative estimate of drug-likeness (QED) is 0.0186. The molecule has 13 heterocycles. The summed E-state index contributed by atoms with van der Waals surface area (Å²) in [5.74, 6) is 2.74. The number of hydrogen-bond donors (Lipinski definition) is 6. The van der Waals surface area contributed by atoms with Gasteiger partial charge in [-0.05, 0) is 295 Å². The van der Waals surface area contributed by atoms with Crippen LogP contribution in [0.4, 0.5) is 23.3 Å². The number of benzene rings is 4. The zero-order valence-corrected chi connectivity index (χ0v) is 92.2. The molecular formula is C89H112Cl4I4N20O6S4Si2. The van der Waals surface area contributed by atoms with Crippen LogP contribution in [-0.4, -0.2) is 168 Å². The second-order valence-corrected chi connectivity index (χ2v) is 57.7. The van der Waals surface area contributed by atoms with Crippen LogP contribution in [0.15, 0.2) is 122 Å². The second-order valence-electron chi connectivity index (χ2n) is 36.4. The molecule has 40 heteroatoms. The monoisotopic (exact) mass is 2390 g/mol. The van der Waals surface area contributed by atoms with Gasteiger partial charge >= 0.3 is 0 Å². The number of imidazole rings is 4. The van der Waals surface area contributed by atoms with Crippen molar-refractivity contribution in [1.29, 1.82) is 0 Å². The fourth-order valence-electron chi connectivity index (χ4n) is 16.1. The van der Waals surface area contributed by atoms with E-state index in [1.54, 1.807) is 10.9 Å². The van der Waals surface area contributed by atoms with E-state index >= 15 is 0 Å². The van der Waals surface area contributed by atoms with Gasteiger partial charge in [0.25, 0.3) is 0 Å². The molecule has 0 spiro atoms. The Balaban J connectivity index is 0.000000139. The third kappa shape index (κ3) is 23.2. The molecule has 16 atom stereocenters. The Hall–Kier alpha value is -4.05. The number of nitrogens with one attached hydrogen (secondary N) is 4. The number of fused-ring (bicyclic) bond motifs is 5. The zero-order valence-electron chi connectivity index (χ0n) is 75.3. The maximum Gasteiger partial charge on any atom is 0.226 e. The minimum atomic E-state index is -1.97. The molecule has 5 aliphatic rings. The molecule has 12 aromatic rings. The summed E-state index contributed by atoms with van der Waals surface area (Å²) in [5.41, 5.74) is 10.1. The van der Waals surface area contributed by atoms with Gasteiger partial charge in [0.2, 0.25) is 21.1 Å². The molecule has 0 aliphatic carbocycles. The molecule has 0 bridgehead atoms. The van der Waals surface area contributed by atoms with Crippen molar-refractivity contribution >= 4 is 268 Å². The average Bonchev–Trinajstić information content (AvgIpc) is 1.59. The molecule has 4 aromatic carbocycles. The summed E-state index contributed by atoms with van der Waals surface area (Å²) in [6.45, 7) is 42.9. The number of aliphatic hydroxyl groups is 2. The van der Waals surface area contributed by atoms with Crippen molar-refractivity contribution in [2.75, 3.05) is 21.3 Å². The minimum Gasteiger partial charge on any atom is -0.411 e. The summed E-state index contributed by atoms with van der Waals surface area (Å²) >= 11 is 41.9. The smallest absolute Gasteiger partial charge is 0.226 e. The SMILES string of the molecule is CCC1SC(n2cnc3c(NCc4cccc(I)c4)nc(Cl)nc32)C(O)C1O.CCC1SC(n2cnc3c(NCc4cccc(I)c4)nc(Cl)nc32)C(O[Si](C)(C)C(C)(C)C)C1C.CCC1SC(n2cnc3c(NCc4cccc(I)c4)nc(Cl)nc32)C(O[Si](C)(C)C(C)(C)C)C1C.CCC1SC(n2cnc3c(NCc4cccc(I)c4)nc(Cl)nc32)C2OC(C)(C)OC12. The van der Waals surface area contributed by atoms with E-state index < -0.39 is 34.6 Å². The number of hydrogen-bond acceptors (Lipinski definition) is 26. The van der Waals surface area contributed by atoms with Gasteiger partial charge in [-0.3, -0.25) is 18.3 Å². The summed E-state index contributed by atoms with van der Waals surface area (Å²) in [6.07, 6.45) is 9.64. The molecule has 26 nitrogen and oxygen atoms in total. The molecule has 0 radical (unpaired) electrons. The van der Waals surface area contributed by atoms with Crippen LogP contribution in [0, 0.1) is 26.1 Å². The number of rotatable bonds is 24. The highest BCUT2D eigenvalue weighted by molar-refractivity contribution is 14.1. The van der Waals surface area contributed by atoms with E-state index in [4.69, 9.17) is 74.7 Å². The summed E-state index contributed by atoms with van der Waals surface area (Å²) in [7, 11) is -3.94. The zero-order chi connectivity index (χ0) is 92.7. The number of halogens is 8. The molecule has 5 saturated heterocycles. The van der Waals surface area contributed by atoms with E-state index in [0.717, 1.165) is 62.7 Å². The van der Waals surface area contributed by atoms with Gasteiger partial charge in [-0.25, -0.2) is 19.9 Å². The largest absolute Gasteiger partial charge is 0.411 e. The number of aromatic nitrogens is 16.